The van der Waals surface area contributed by atoms with E-state index < -0.39 is 0 Å². The first-order valence-electron chi connectivity index (χ1n) is 3.18. The highest BCUT2D eigenvalue weighted by Gasteiger charge is 2.17. The Balaban J connectivity index is 2.34. The lowest BCUT2D eigenvalue weighted by atomic mass is 10.2. The van der Waals surface area contributed by atoms with Crippen LogP contribution >= 0.6 is 0 Å². The Labute approximate surface area is 55.3 Å². The van der Waals surface area contributed by atoms with E-state index in [4.69, 9.17) is 5.26 Å². The van der Waals surface area contributed by atoms with Gasteiger partial charge in [-0.2, -0.15) is 5.26 Å². The summed E-state index contributed by atoms with van der Waals surface area (Å²) in [5.41, 5.74) is 0. The normalized spacial score (nSPS) is 25.6. The third-order valence-electron chi connectivity index (χ3n) is 1.74. The molecule has 0 bridgehead atoms. The Morgan fingerprint density at radius 3 is 3.00 bits per heavy atom. The summed E-state index contributed by atoms with van der Waals surface area (Å²) in [6.07, 6.45) is 3.20. The van der Waals surface area contributed by atoms with E-state index in [1.165, 1.54) is 0 Å². The number of nitriles is 1. The lowest BCUT2D eigenvalue weighted by Gasteiger charge is -2.15. The Hall–Kier alpha value is -0.750. The topological polar surface area (TPSA) is 39.1 Å². The van der Waals surface area contributed by atoms with E-state index in [1.54, 1.807) is 4.90 Å². The summed E-state index contributed by atoms with van der Waals surface area (Å²) < 4.78 is 0. The van der Waals surface area contributed by atoms with Crippen LogP contribution in [0.15, 0.2) is 0 Å². The highest BCUT2D eigenvalue weighted by molar-refractivity contribution is 4.84. The molecule has 0 aliphatic carbocycles. The fraction of sp³-hybridized carbons (Fsp3) is 0.833. The first kappa shape index (κ1) is 6.37. The van der Waals surface area contributed by atoms with Crippen molar-refractivity contribution in [2.75, 3.05) is 20.1 Å². The van der Waals surface area contributed by atoms with Crippen molar-refractivity contribution >= 4 is 0 Å². The number of likely N-dealkylation sites (N-methyl/N-ethyl adjacent to an activating group) is 1. The molecule has 1 N–H and O–H groups in total. The fourth-order valence-electron chi connectivity index (χ4n) is 1.05. The van der Waals surface area contributed by atoms with Crippen LogP contribution in [0.1, 0.15) is 6.42 Å². The third-order valence-corrected chi connectivity index (χ3v) is 1.74. The van der Waals surface area contributed by atoms with Crippen LogP contribution in [0, 0.1) is 11.5 Å². The molecule has 0 aromatic rings. The maximum absolute atomic E-state index is 8.44. The van der Waals surface area contributed by atoms with Gasteiger partial charge in [0.2, 0.25) is 0 Å². The van der Waals surface area contributed by atoms with Crippen molar-refractivity contribution < 1.29 is 0 Å². The van der Waals surface area contributed by atoms with Crippen LogP contribution in [0.5, 0.6) is 0 Å². The molecule has 0 amide bonds. The SMILES string of the molecule is CN(C#N)C1CCNC1. The van der Waals surface area contributed by atoms with E-state index in [0.29, 0.717) is 6.04 Å². The Morgan fingerprint density at radius 2 is 2.56 bits per heavy atom. The minimum absolute atomic E-state index is 0.440. The second kappa shape index (κ2) is 2.70. The van der Waals surface area contributed by atoms with E-state index in [1.807, 2.05) is 7.05 Å². The summed E-state index contributed by atoms with van der Waals surface area (Å²) in [5, 5.41) is 11.6. The number of rotatable bonds is 1. The lowest BCUT2D eigenvalue weighted by molar-refractivity contribution is 0.365. The van der Waals surface area contributed by atoms with E-state index in [2.05, 4.69) is 11.5 Å². The van der Waals surface area contributed by atoms with Gasteiger partial charge in [-0.3, -0.25) is 0 Å². The molecular formula is C6H11N3. The van der Waals surface area contributed by atoms with E-state index in [0.717, 1.165) is 19.5 Å². The van der Waals surface area contributed by atoms with Crippen molar-refractivity contribution in [3.8, 4) is 6.19 Å². The Morgan fingerprint density at radius 1 is 1.78 bits per heavy atom. The molecule has 0 aromatic heterocycles. The second-order valence-electron chi connectivity index (χ2n) is 2.36. The molecule has 3 heteroatoms. The fourth-order valence-corrected chi connectivity index (χ4v) is 1.05. The summed E-state index contributed by atoms with van der Waals surface area (Å²) >= 11 is 0. The van der Waals surface area contributed by atoms with Crippen molar-refractivity contribution in [1.82, 2.24) is 10.2 Å². The average Bonchev–Trinajstić information content (AvgIpc) is 2.37. The maximum Gasteiger partial charge on any atom is 0.179 e. The van der Waals surface area contributed by atoms with Gasteiger partial charge in [-0.25, -0.2) is 0 Å². The van der Waals surface area contributed by atoms with E-state index >= 15 is 0 Å². The van der Waals surface area contributed by atoms with Crippen LogP contribution in [0.2, 0.25) is 0 Å². The van der Waals surface area contributed by atoms with Crippen LogP contribution in [0.4, 0.5) is 0 Å². The molecule has 1 saturated heterocycles. The molecule has 1 heterocycles. The average molecular weight is 125 g/mol. The molecule has 1 atom stereocenters. The molecule has 50 valence electrons. The summed E-state index contributed by atoms with van der Waals surface area (Å²) in [6, 6.07) is 0.440. The molecule has 0 spiro atoms. The van der Waals surface area contributed by atoms with Gasteiger partial charge in [0.15, 0.2) is 6.19 Å². The van der Waals surface area contributed by atoms with Gasteiger partial charge in [-0.1, -0.05) is 0 Å². The largest absolute Gasteiger partial charge is 0.315 e. The van der Waals surface area contributed by atoms with Gasteiger partial charge in [0, 0.05) is 13.6 Å². The van der Waals surface area contributed by atoms with Crippen LogP contribution in [-0.2, 0) is 0 Å². The minimum atomic E-state index is 0.440. The molecule has 1 aliphatic rings. The van der Waals surface area contributed by atoms with Crippen LogP contribution in [0.25, 0.3) is 0 Å². The summed E-state index contributed by atoms with van der Waals surface area (Å²) in [6.45, 7) is 2.01. The predicted octanol–water partition coefficient (Wildman–Crippen LogP) is -0.239. The monoisotopic (exact) mass is 125 g/mol. The van der Waals surface area contributed by atoms with Gasteiger partial charge >= 0.3 is 0 Å². The molecule has 1 rings (SSSR count). The zero-order chi connectivity index (χ0) is 6.69. The van der Waals surface area contributed by atoms with Crippen molar-refractivity contribution in [2.24, 2.45) is 0 Å². The summed E-state index contributed by atoms with van der Waals surface area (Å²) in [5.74, 6) is 0. The van der Waals surface area contributed by atoms with Gasteiger partial charge < -0.3 is 10.2 Å². The van der Waals surface area contributed by atoms with Crippen LogP contribution in [0.3, 0.4) is 0 Å². The second-order valence-corrected chi connectivity index (χ2v) is 2.36. The molecule has 0 radical (unpaired) electrons. The van der Waals surface area contributed by atoms with Gasteiger partial charge in [0.25, 0.3) is 0 Å². The zero-order valence-corrected chi connectivity index (χ0v) is 5.59. The summed E-state index contributed by atoms with van der Waals surface area (Å²) in [7, 11) is 1.83. The number of nitrogens with zero attached hydrogens (tertiary/aromatic N) is 2. The first-order chi connectivity index (χ1) is 4.34. The minimum Gasteiger partial charge on any atom is -0.315 e. The molecular weight excluding hydrogens is 114 g/mol. The highest BCUT2D eigenvalue weighted by atomic mass is 15.2. The van der Waals surface area contributed by atoms with Crippen LogP contribution < -0.4 is 5.32 Å². The molecule has 3 nitrogen and oxygen atoms in total. The predicted molar refractivity (Wildman–Crippen MR) is 34.7 cm³/mol. The molecule has 0 aromatic carbocycles. The van der Waals surface area contributed by atoms with E-state index in [-0.39, 0.29) is 0 Å². The van der Waals surface area contributed by atoms with Gasteiger partial charge in [0.1, 0.15) is 0 Å². The Kier molecular flexibility index (Phi) is 1.91. The molecule has 9 heavy (non-hydrogen) atoms. The van der Waals surface area contributed by atoms with Crippen molar-refractivity contribution in [2.45, 2.75) is 12.5 Å². The molecule has 0 saturated carbocycles. The number of hydrogen-bond acceptors (Lipinski definition) is 3. The zero-order valence-electron chi connectivity index (χ0n) is 5.59. The smallest absolute Gasteiger partial charge is 0.179 e. The van der Waals surface area contributed by atoms with Crippen molar-refractivity contribution in [3.63, 3.8) is 0 Å². The lowest BCUT2D eigenvalue weighted by Crippen LogP contribution is -2.29. The van der Waals surface area contributed by atoms with Crippen LogP contribution in [-0.4, -0.2) is 31.1 Å². The molecule has 1 fully saturated rings. The maximum atomic E-state index is 8.44. The van der Waals surface area contributed by atoms with Gasteiger partial charge in [-0.15, -0.1) is 0 Å². The third kappa shape index (κ3) is 1.33. The Bertz CT molecular complexity index is 121. The number of hydrogen-bond donors (Lipinski definition) is 1. The highest BCUT2D eigenvalue weighted by Crippen LogP contribution is 2.03. The summed E-state index contributed by atoms with van der Waals surface area (Å²) in [4.78, 5) is 1.71. The standard InChI is InChI=1S/C6H11N3/c1-9(5-7)6-2-3-8-4-6/h6,8H,2-4H2,1H3. The molecule has 1 unspecified atom stereocenters. The van der Waals surface area contributed by atoms with E-state index in [9.17, 15) is 0 Å². The van der Waals surface area contributed by atoms with Gasteiger partial charge in [0.05, 0.1) is 6.04 Å². The van der Waals surface area contributed by atoms with Gasteiger partial charge in [-0.05, 0) is 13.0 Å². The molecule has 1 aliphatic heterocycles. The first-order valence-corrected chi connectivity index (χ1v) is 3.18. The quantitative estimate of drug-likeness (QED) is 0.388. The van der Waals surface area contributed by atoms with Crippen molar-refractivity contribution in [3.05, 3.63) is 0 Å². The van der Waals surface area contributed by atoms with Crippen molar-refractivity contribution in [1.29, 1.82) is 5.26 Å². The number of nitrogens with one attached hydrogen (secondary N) is 1.